The number of methoxy groups -OCH3 is 1. The topological polar surface area (TPSA) is 91.3 Å². The van der Waals surface area contributed by atoms with E-state index in [0.717, 1.165) is 23.3 Å². The summed E-state index contributed by atoms with van der Waals surface area (Å²) in [4.78, 5) is 19.7. The molecule has 3 aliphatic carbocycles. The summed E-state index contributed by atoms with van der Waals surface area (Å²) in [5, 5.41) is 25.4. The van der Waals surface area contributed by atoms with Crippen LogP contribution in [-0.2, 0) is 16.2 Å². The van der Waals surface area contributed by atoms with E-state index < -0.39 is 24.2 Å². The van der Waals surface area contributed by atoms with Crippen LogP contribution in [0.15, 0.2) is 18.2 Å². The summed E-state index contributed by atoms with van der Waals surface area (Å²) in [5.74, 6) is 1.74. The van der Waals surface area contributed by atoms with Crippen molar-refractivity contribution >= 4 is 5.91 Å². The van der Waals surface area contributed by atoms with Gasteiger partial charge in [0.1, 0.15) is 17.9 Å². The minimum absolute atomic E-state index is 0.118. The number of ether oxygens (including phenoxy) is 1. The van der Waals surface area contributed by atoms with Crippen molar-refractivity contribution in [1.82, 2.24) is 10.4 Å². The van der Waals surface area contributed by atoms with Crippen LogP contribution in [0.4, 0.5) is 0 Å². The first-order valence-corrected chi connectivity index (χ1v) is 12.2. The van der Waals surface area contributed by atoms with E-state index >= 15 is 0 Å². The number of aliphatic hydroxyl groups excluding tert-OH is 2. The number of aryl methyl sites for hydroxylation is 1. The van der Waals surface area contributed by atoms with Gasteiger partial charge in [-0.1, -0.05) is 39.0 Å². The number of carbonyl (C=O) groups is 1. The fourth-order valence-corrected chi connectivity index (χ4v) is 6.78. The molecule has 1 heterocycles. The summed E-state index contributed by atoms with van der Waals surface area (Å²) in [6.45, 7) is 10.6. The number of rotatable bonds is 7. The Morgan fingerprint density at radius 2 is 2.09 bits per heavy atom. The van der Waals surface area contributed by atoms with E-state index in [1.54, 1.807) is 19.1 Å². The lowest BCUT2D eigenvalue weighted by Gasteiger charge is -2.62. The third kappa shape index (κ3) is 4.18. The Morgan fingerprint density at radius 3 is 2.67 bits per heavy atom. The van der Waals surface area contributed by atoms with Crippen molar-refractivity contribution in [1.29, 1.82) is 0 Å². The SMILES string of the molecule is COc1c(C)cccc1CN1O[C@@H](CO)C(C(C)O)[C@H]1C(=O)N[C@H]1C[C@H]2C[C@@H]([C@@H]1C)C2(C)C. The Hall–Kier alpha value is -1.67. The molecule has 8 atom stereocenters. The molecule has 5 rings (SSSR count). The average molecular weight is 461 g/mol. The van der Waals surface area contributed by atoms with Crippen LogP contribution in [0.3, 0.4) is 0 Å². The lowest BCUT2D eigenvalue weighted by atomic mass is 9.45. The van der Waals surface area contributed by atoms with Crippen LogP contribution in [0.25, 0.3) is 0 Å². The van der Waals surface area contributed by atoms with E-state index in [0.29, 0.717) is 29.7 Å². The Bertz CT molecular complexity index is 872. The molecule has 1 aliphatic heterocycles. The quantitative estimate of drug-likeness (QED) is 0.580. The number of hydrogen-bond donors (Lipinski definition) is 3. The molecule has 2 unspecified atom stereocenters. The molecule has 184 valence electrons. The molecule has 0 aromatic heterocycles. The van der Waals surface area contributed by atoms with Crippen molar-refractivity contribution < 1.29 is 24.6 Å². The highest BCUT2D eigenvalue weighted by atomic mass is 16.7. The molecule has 4 aliphatic rings. The standard InChI is InChI=1S/C26H40N2O5/c1-14-8-7-9-17(24(14)32-6)12-28-23(22(16(3)30)21(13-29)33-28)25(31)27-20-11-18-10-19(15(20)2)26(18,4)5/h7-9,15-16,18-23,29-30H,10-13H2,1-6H3,(H,27,31)/t15-,16?,18+,19-,20-,21-,22?,23-/m0/s1. The first-order chi connectivity index (χ1) is 15.6. The van der Waals surface area contributed by atoms with Crippen molar-refractivity contribution in [2.45, 2.75) is 78.3 Å². The van der Waals surface area contributed by atoms with Gasteiger partial charge in [0.25, 0.3) is 0 Å². The number of nitrogens with one attached hydrogen (secondary N) is 1. The van der Waals surface area contributed by atoms with Crippen LogP contribution < -0.4 is 10.1 Å². The largest absolute Gasteiger partial charge is 0.496 e. The van der Waals surface area contributed by atoms with Gasteiger partial charge in [0, 0.05) is 17.5 Å². The number of benzene rings is 1. The maximum absolute atomic E-state index is 13.7. The lowest BCUT2D eigenvalue weighted by Crippen LogP contribution is -2.62. The van der Waals surface area contributed by atoms with Crippen molar-refractivity contribution in [2.75, 3.05) is 13.7 Å². The number of aliphatic hydroxyl groups is 2. The normalized spacial score (nSPS) is 36.2. The molecular formula is C26H40N2O5. The lowest BCUT2D eigenvalue weighted by molar-refractivity contribution is -0.183. The first kappa shape index (κ1) is 24.5. The summed E-state index contributed by atoms with van der Waals surface area (Å²) in [5.41, 5.74) is 2.24. The predicted octanol–water partition coefficient (Wildman–Crippen LogP) is 2.66. The number of hydroxylamine groups is 2. The van der Waals surface area contributed by atoms with Gasteiger partial charge >= 0.3 is 0 Å². The van der Waals surface area contributed by atoms with Gasteiger partial charge < -0.3 is 20.3 Å². The molecule has 33 heavy (non-hydrogen) atoms. The summed E-state index contributed by atoms with van der Waals surface area (Å²) < 4.78 is 5.60. The van der Waals surface area contributed by atoms with E-state index in [2.05, 4.69) is 26.1 Å². The maximum Gasteiger partial charge on any atom is 0.240 e. The van der Waals surface area contributed by atoms with Crippen molar-refractivity contribution in [3.8, 4) is 5.75 Å². The minimum atomic E-state index is -0.807. The monoisotopic (exact) mass is 460 g/mol. The van der Waals surface area contributed by atoms with Gasteiger partial charge in [0.15, 0.2) is 0 Å². The smallest absolute Gasteiger partial charge is 0.240 e. The van der Waals surface area contributed by atoms with Gasteiger partial charge in [-0.15, -0.1) is 0 Å². The van der Waals surface area contributed by atoms with Crippen LogP contribution in [0.5, 0.6) is 5.75 Å². The molecule has 2 bridgehead atoms. The van der Waals surface area contributed by atoms with Gasteiger partial charge in [-0.25, -0.2) is 0 Å². The van der Waals surface area contributed by atoms with E-state index in [-0.39, 0.29) is 18.6 Å². The number of nitrogens with zero attached hydrogens (tertiary/aromatic N) is 1. The van der Waals surface area contributed by atoms with Crippen LogP contribution in [0, 0.1) is 36.0 Å². The third-order valence-corrected chi connectivity index (χ3v) is 8.89. The Kier molecular flexibility index (Phi) is 6.80. The number of hydrogen-bond acceptors (Lipinski definition) is 6. The zero-order valence-corrected chi connectivity index (χ0v) is 20.7. The number of fused-ring (bicyclic) bond motifs is 2. The Balaban J connectivity index is 1.57. The maximum atomic E-state index is 13.7. The van der Waals surface area contributed by atoms with Crippen molar-refractivity contribution in [3.63, 3.8) is 0 Å². The highest BCUT2D eigenvalue weighted by Crippen LogP contribution is 2.61. The highest BCUT2D eigenvalue weighted by Gasteiger charge is 2.57. The highest BCUT2D eigenvalue weighted by molar-refractivity contribution is 5.82. The summed E-state index contributed by atoms with van der Waals surface area (Å²) in [6, 6.07) is 5.29. The van der Waals surface area contributed by atoms with Crippen LogP contribution in [0.1, 0.15) is 51.7 Å². The molecule has 3 N–H and O–H groups in total. The number of carbonyl (C=O) groups excluding carboxylic acids is 1. The van der Waals surface area contributed by atoms with Gasteiger partial charge in [-0.2, -0.15) is 5.06 Å². The van der Waals surface area contributed by atoms with Crippen molar-refractivity contribution in [3.05, 3.63) is 29.3 Å². The van der Waals surface area contributed by atoms with Gasteiger partial charge in [-0.05, 0) is 55.4 Å². The molecule has 0 radical (unpaired) electrons. The van der Waals surface area contributed by atoms with E-state index in [4.69, 9.17) is 9.57 Å². The fourth-order valence-electron chi connectivity index (χ4n) is 6.78. The van der Waals surface area contributed by atoms with Crippen LogP contribution in [-0.4, -0.2) is 59.2 Å². The van der Waals surface area contributed by atoms with Gasteiger partial charge in [-0.3, -0.25) is 9.63 Å². The number of para-hydroxylation sites is 1. The summed E-state index contributed by atoms with van der Waals surface area (Å²) >= 11 is 0. The molecule has 3 saturated carbocycles. The molecule has 1 aromatic carbocycles. The minimum Gasteiger partial charge on any atom is -0.496 e. The predicted molar refractivity (Wildman–Crippen MR) is 125 cm³/mol. The van der Waals surface area contributed by atoms with E-state index in [9.17, 15) is 15.0 Å². The third-order valence-electron chi connectivity index (χ3n) is 8.89. The van der Waals surface area contributed by atoms with Crippen LogP contribution in [0.2, 0.25) is 0 Å². The molecule has 0 spiro atoms. The van der Waals surface area contributed by atoms with Gasteiger partial charge in [0.05, 0.1) is 26.4 Å². The summed E-state index contributed by atoms with van der Waals surface area (Å²) in [6.07, 6.45) is 0.777. The second kappa shape index (κ2) is 9.17. The van der Waals surface area contributed by atoms with E-state index in [1.165, 1.54) is 6.42 Å². The average Bonchev–Trinajstić information content (AvgIpc) is 3.13. The second-order valence-corrected chi connectivity index (χ2v) is 11.0. The second-order valence-electron chi connectivity index (χ2n) is 11.0. The molecule has 1 aromatic rings. The molecule has 4 fully saturated rings. The zero-order valence-electron chi connectivity index (χ0n) is 20.7. The Labute approximate surface area is 197 Å². The fraction of sp³-hybridized carbons (Fsp3) is 0.731. The first-order valence-electron chi connectivity index (χ1n) is 12.2. The molecule has 1 saturated heterocycles. The molecule has 7 heteroatoms. The molecule has 7 nitrogen and oxygen atoms in total. The number of amides is 1. The zero-order chi connectivity index (χ0) is 24.1. The Morgan fingerprint density at radius 1 is 1.36 bits per heavy atom. The van der Waals surface area contributed by atoms with Crippen molar-refractivity contribution in [2.24, 2.45) is 29.1 Å². The van der Waals surface area contributed by atoms with Crippen LogP contribution >= 0.6 is 0 Å². The molecular weight excluding hydrogens is 420 g/mol. The van der Waals surface area contributed by atoms with E-state index in [1.807, 2.05) is 25.1 Å². The molecule has 1 amide bonds. The van der Waals surface area contributed by atoms with Gasteiger partial charge in [0.2, 0.25) is 5.91 Å². The summed E-state index contributed by atoms with van der Waals surface area (Å²) in [7, 11) is 1.63.